The fourth-order valence-corrected chi connectivity index (χ4v) is 4.25. The van der Waals surface area contributed by atoms with E-state index in [0.29, 0.717) is 33.6 Å². The molecule has 168 valence electrons. The Morgan fingerprint density at radius 1 is 1.19 bits per heavy atom. The van der Waals surface area contributed by atoms with Gasteiger partial charge in [0.2, 0.25) is 5.91 Å². The molecule has 4 rings (SSSR count). The van der Waals surface area contributed by atoms with Crippen molar-refractivity contribution in [3.05, 3.63) is 23.2 Å². The lowest BCUT2D eigenvalue weighted by molar-refractivity contribution is -0.184. The van der Waals surface area contributed by atoms with Crippen molar-refractivity contribution in [1.82, 2.24) is 15.2 Å². The van der Waals surface area contributed by atoms with Crippen LogP contribution in [0, 0.1) is 11.8 Å². The smallest absolute Gasteiger partial charge is 0.423 e. The lowest BCUT2D eigenvalue weighted by atomic mass is 9.96. The molecule has 1 aromatic carbocycles. The number of oxazole rings is 1. The number of piperidine rings is 1. The Balaban J connectivity index is 1.23. The van der Waals surface area contributed by atoms with Gasteiger partial charge in [-0.2, -0.15) is 18.2 Å². The van der Waals surface area contributed by atoms with E-state index in [-0.39, 0.29) is 31.3 Å². The van der Waals surface area contributed by atoms with Crippen LogP contribution in [0.3, 0.4) is 0 Å². The first-order chi connectivity index (χ1) is 14.7. The lowest BCUT2D eigenvalue weighted by Crippen LogP contribution is -2.42. The Morgan fingerprint density at radius 3 is 2.65 bits per heavy atom. The molecule has 0 spiro atoms. The monoisotopic (exact) mass is 458 g/mol. The van der Waals surface area contributed by atoms with Gasteiger partial charge >= 0.3 is 12.1 Å². The molecule has 1 N–H and O–H groups in total. The topological polar surface area (TPSA) is 78.7 Å². The minimum atomic E-state index is -4.90. The number of benzene rings is 1. The molecule has 2 saturated heterocycles. The predicted octanol–water partition coefficient (Wildman–Crippen LogP) is 3.22. The number of carbonyl (C=O) groups is 2. The number of aromatic nitrogens is 1. The van der Waals surface area contributed by atoms with Crippen LogP contribution in [-0.4, -0.2) is 60.6 Å². The maximum Gasteiger partial charge on any atom is 0.471 e. The summed E-state index contributed by atoms with van der Waals surface area (Å²) in [6.07, 6.45) is -3.01. The van der Waals surface area contributed by atoms with Crippen molar-refractivity contribution in [3.63, 3.8) is 0 Å². The van der Waals surface area contributed by atoms with Crippen molar-refractivity contribution in [2.75, 3.05) is 37.6 Å². The van der Waals surface area contributed by atoms with Crippen molar-refractivity contribution >= 4 is 40.5 Å². The standard InChI is InChI=1S/C20H22ClF3N4O3/c21-14-1-2-16-15(9-14)26-19(31-16)27-6-3-12(4-7-27)10-25-17(29)13-5-8-28(11-13)18(30)20(22,23)24/h1-2,9,12-13H,3-8,10-11H2,(H,25,29). The van der Waals surface area contributed by atoms with Crippen molar-refractivity contribution in [2.45, 2.75) is 25.4 Å². The first-order valence-corrected chi connectivity index (χ1v) is 10.5. The Bertz CT molecular complexity index is 972. The normalized spacial score (nSPS) is 20.5. The Morgan fingerprint density at radius 2 is 1.94 bits per heavy atom. The minimum Gasteiger partial charge on any atom is -0.423 e. The molecule has 2 aliphatic heterocycles. The van der Waals surface area contributed by atoms with Crippen molar-refractivity contribution in [3.8, 4) is 0 Å². The van der Waals surface area contributed by atoms with Gasteiger partial charge in [0.05, 0.1) is 5.92 Å². The molecule has 3 heterocycles. The number of halogens is 4. The van der Waals surface area contributed by atoms with Gasteiger partial charge in [-0.25, -0.2) is 0 Å². The van der Waals surface area contributed by atoms with Crippen LogP contribution in [0.4, 0.5) is 19.2 Å². The summed E-state index contributed by atoms with van der Waals surface area (Å²) in [5, 5.41) is 3.44. The molecule has 11 heteroatoms. The Kier molecular flexibility index (Phi) is 6.00. The van der Waals surface area contributed by atoms with Crippen LogP contribution in [0.15, 0.2) is 22.6 Å². The molecule has 0 aliphatic carbocycles. The molecule has 0 radical (unpaired) electrons. The molecule has 1 atom stereocenters. The second kappa shape index (κ2) is 8.57. The highest BCUT2D eigenvalue weighted by atomic mass is 35.5. The van der Waals surface area contributed by atoms with Gasteiger partial charge in [-0.15, -0.1) is 0 Å². The first-order valence-electron chi connectivity index (χ1n) is 10.2. The molecule has 0 bridgehead atoms. The second-order valence-corrected chi connectivity index (χ2v) is 8.46. The number of rotatable bonds is 4. The summed E-state index contributed by atoms with van der Waals surface area (Å²) >= 11 is 5.98. The average molecular weight is 459 g/mol. The fourth-order valence-electron chi connectivity index (χ4n) is 4.08. The number of likely N-dealkylation sites (tertiary alicyclic amines) is 1. The highest BCUT2D eigenvalue weighted by molar-refractivity contribution is 6.31. The molecule has 1 unspecified atom stereocenters. The van der Waals surface area contributed by atoms with E-state index in [2.05, 4.69) is 10.3 Å². The molecule has 2 amide bonds. The van der Waals surface area contributed by atoms with E-state index in [4.69, 9.17) is 16.0 Å². The molecular formula is C20H22ClF3N4O3. The summed E-state index contributed by atoms with van der Waals surface area (Å²) in [5.74, 6) is -2.52. The van der Waals surface area contributed by atoms with E-state index in [1.54, 1.807) is 18.2 Å². The zero-order chi connectivity index (χ0) is 22.2. The summed E-state index contributed by atoms with van der Waals surface area (Å²) in [5.41, 5.74) is 1.37. The quantitative estimate of drug-likeness (QED) is 0.761. The van der Waals surface area contributed by atoms with Gasteiger partial charge in [0.15, 0.2) is 5.58 Å². The van der Waals surface area contributed by atoms with E-state index in [1.807, 2.05) is 4.90 Å². The summed E-state index contributed by atoms with van der Waals surface area (Å²) in [4.78, 5) is 30.9. The lowest BCUT2D eigenvalue weighted by Gasteiger charge is -2.31. The summed E-state index contributed by atoms with van der Waals surface area (Å²) < 4.78 is 43.4. The number of anilines is 1. The van der Waals surface area contributed by atoms with E-state index < -0.39 is 18.0 Å². The fraction of sp³-hybridized carbons (Fsp3) is 0.550. The molecule has 2 fully saturated rings. The van der Waals surface area contributed by atoms with Gasteiger partial charge in [0, 0.05) is 37.7 Å². The number of alkyl halides is 3. The van der Waals surface area contributed by atoms with Crippen LogP contribution in [-0.2, 0) is 9.59 Å². The molecule has 1 aromatic heterocycles. The first kappa shape index (κ1) is 21.7. The SMILES string of the molecule is O=C(NCC1CCN(c2nc3cc(Cl)ccc3o2)CC1)C1CCN(C(=O)C(F)(F)F)C1. The molecular weight excluding hydrogens is 437 g/mol. The average Bonchev–Trinajstić information content (AvgIpc) is 3.38. The van der Waals surface area contributed by atoms with Crippen LogP contribution in [0.25, 0.3) is 11.1 Å². The van der Waals surface area contributed by atoms with E-state index in [0.717, 1.165) is 25.9 Å². The Labute approximate surface area is 181 Å². The predicted molar refractivity (Wildman–Crippen MR) is 108 cm³/mol. The minimum absolute atomic E-state index is 0.0511. The third-order valence-electron chi connectivity index (χ3n) is 5.88. The van der Waals surface area contributed by atoms with Crippen molar-refractivity contribution in [1.29, 1.82) is 0 Å². The number of amides is 2. The molecule has 2 aromatic rings. The van der Waals surface area contributed by atoms with Crippen molar-refractivity contribution < 1.29 is 27.2 Å². The number of nitrogens with one attached hydrogen (secondary N) is 1. The van der Waals surface area contributed by atoms with Crippen LogP contribution in [0.5, 0.6) is 0 Å². The van der Waals surface area contributed by atoms with Crippen LogP contribution < -0.4 is 10.2 Å². The van der Waals surface area contributed by atoms with Gasteiger partial charge in [0.1, 0.15) is 5.52 Å². The third kappa shape index (κ3) is 4.89. The van der Waals surface area contributed by atoms with Gasteiger partial charge in [-0.05, 0) is 43.4 Å². The largest absolute Gasteiger partial charge is 0.471 e. The highest BCUT2D eigenvalue weighted by Crippen LogP contribution is 2.28. The number of fused-ring (bicyclic) bond motifs is 1. The number of hydrogen-bond donors (Lipinski definition) is 1. The van der Waals surface area contributed by atoms with Gasteiger partial charge in [-0.3, -0.25) is 9.59 Å². The van der Waals surface area contributed by atoms with E-state index in [9.17, 15) is 22.8 Å². The van der Waals surface area contributed by atoms with E-state index in [1.165, 1.54) is 0 Å². The second-order valence-electron chi connectivity index (χ2n) is 8.02. The molecule has 0 saturated carbocycles. The number of carbonyl (C=O) groups excluding carboxylic acids is 2. The van der Waals surface area contributed by atoms with Gasteiger partial charge < -0.3 is 19.5 Å². The van der Waals surface area contributed by atoms with Crippen LogP contribution in [0.2, 0.25) is 5.02 Å². The molecule has 31 heavy (non-hydrogen) atoms. The summed E-state index contributed by atoms with van der Waals surface area (Å²) in [6, 6.07) is 5.82. The maximum absolute atomic E-state index is 12.5. The van der Waals surface area contributed by atoms with Gasteiger partial charge in [0.25, 0.3) is 6.01 Å². The van der Waals surface area contributed by atoms with Crippen LogP contribution in [0.1, 0.15) is 19.3 Å². The summed E-state index contributed by atoms with van der Waals surface area (Å²) in [7, 11) is 0. The zero-order valence-electron chi connectivity index (χ0n) is 16.6. The molecule has 2 aliphatic rings. The molecule has 7 nitrogen and oxygen atoms in total. The maximum atomic E-state index is 12.5. The Hall–Kier alpha value is -2.49. The van der Waals surface area contributed by atoms with Gasteiger partial charge in [-0.1, -0.05) is 11.6 Å². The number of hydrogen-bond acceptors (Lipinski definition) is 5. The highest BCUT2D eigenvalue weighted by Gasteiger charge is 2.45. The number of nitrogens with zero attached hydrogens (tertiary/aromatic N) is 3. The third-order valence-corrected chi connectivity index (χ3v) is 6.11. The zero-order valence-corrected chi connectivity index (χ0v) is 17.4. The van der Waals surface area contributed by atoms with Crippen molar-refractivity contribution in [2.24, 2.45) is 11.8 Å². The van der Waals surface area contributed by atoms with E-state index >= 15 is 0 Å². The summed E-state index contributed by atoms with van der Waals surface area (Å²) in [6.45, 7) is 1.66. The van der Waals surface area contributed by atoms with Crippen LogP contribution >= 0.6 is 11.6 Å².